The van der Waals surface area contributed by atoms with Gasteiger partial charge in [0.2, 0.25) is 0 Å². The molecule has 24 heavy (non-hydrogen) atoms. The van der Waals surface area contributed by atoms with Crippen LogP contribution in [0.1, 0.15) is 40.6 Å². The van der Waals surface area contributed by atoms with Gasteiger partial charge in [0.25, 0.3) is 5.91 Å². The van der Waals surface area contributed by atoms with Crippen LogP contribution in [0.4, 0.5) is 0 Å². The van der Waals surface area contributed by atoms with E-state index in [-0.39, 0.29) is 5.91 Å². The van der Waals surface area contributed by atoms with Crippen LogP contribution in [0.3, 0.4) is 0 Å². The van der Waals surface area contributed by atoms with Gasteiger partial charge in [-0.05, 0) is 50.6 Å². The highest BCUT2D eigenvalue weighted by molar-refractivity contribution is 5.93. The fourth-order valence-corrected chi connectivity index (χ4v) is 3.00. The van der Waals surface area contributed by atoms with E-state index in [1.807, 2.05) is 35.9 Å². The highest BCUT2D eigenvalue weighted by atomic mass is 16.5. The van der Waals surface area contributed by atoms with Gasteiger partial charge in [-0.2, -0.15) is 0 Å². The van der Waals surface area contributed by atoms with E-state index in [1.165, 1.54) is 0 Å². The van der Waals surface area contributed by atoms with E-state index in [0.29, 0.717) is 18.3 Å². The predicted molar refractivity (Wildman–Crippen MR) is 90.1 cm³/mol. The molecule has 0 spiro atoms. The van der Waals surface area contributed by atoms with Crippen molar-refractivity contribution in [3.8, 4) is 5.75 Å². The van der Waals surface area contributed by atoms with E-state index in [2.05, 4.69) is 20.9 Å². The molecule has 1 fully saturated rings. The number of aromatic nitrogens is 3. The van der Waals surface area contributed by atoms with Crippen LogP contribution in [0.5, 0.6) is 5.75 Å². The molecule has 1 aromatic carbocycles. The number of nitrogens with one attached hydrogen (secondary N) is 2. The average Bonchev–Trinajstić information content (AvgIpc) is 3.02. The van der Waals surface area contributed by atoms with Crippen LogP contribution in [-0.4, -0.2) is 41.1 Å². The van der Waals surface area contributed by atoms with Gasteiger partial charge in [-0.1, -0.05) is 17.3 Å². The molecule has 1 aliphatic heterocycles. The summed E-state index contributed by atoms with van der Waals surface area (Å²) in [4.78, 5) is 12.4. The molecule has 2 N–H and O–H groups in total. The van der Waals surface area contributed by atoms with Gasteiger partial charge in [0, 0.05) is 6.54 Å². The van der Waals surface area contributed by atoms with Crippen LogP contribution in [0.25, 0.3) is 0 Å². The van der Waals surface area contributed by atoms with E-state index in [0.717, 1.165) is 42.9 Å². The van der Waals surface area contributed by atoms with Gasteiger partial charge in [0.1, 0.15) is 5.75 Å². The van der Waals surface area contributed by atoms with Gasteiger partial charge in [-0.3, -0.25) is 4.79 Å². The molecule has 1 aliphatic rings. The van der Waals surface area contributed by atoms with Gasteiger partial charge >= 0.3 is 0 Å². The van der Waals surface area contributed by atoms with E-state index >= 15 is 0 Å². The summed E-state index contributed by atoms with van der Waals surface area (Å²) < 4.78 is 7.08. The molecule has 2 aromatic rings. The van der Waals surface area contributed by atoms with Crippen LogP contribution in [0, 0.1) is 6.92 Å². The number of methoxy groups -OCH3 is 1. The maximum Gasteiger partial charge on any atom is 0.274 e. The Morgan fingerprint density at radius 3 is 2.96 bits per heavy atom. The number of hydrogen-bond acceptors (Lipinski definition) is 5. The zero-order chi connectivity index (χ0) is 16.9. The molecule has 0 atom stereocenters. The first-order chi connectivity index (χ1) is 11.7. The molecule has 0 aliphatic carbocycles. The number of ether oxygens (including phenoxy) is 1. The lowest BCUT2D eigenvalue weighted by Crippen LogP contribution is -2.30. The van der Waals surface area contributed by atoms with Crippen molar-refractivity contribution in [3.05, 3.63) is 41.2 Å². The van der Waals surface area contributed by atoms with Crippen molar-refractivity contribution in [1.29, 1.82) is 0 Å². The number of nitrogens with zero attached hydrogens (tertiary/aromatic N) is 3. The minimum absolute atomic E-state index is 0.199. The van der Waals surface area contributed by atoms with E-state index in [1.54, 1.807) is 7.11 Å². The normalized spacial score (nSPS) is 15.2. The summed E-state index contributed by atoms with van der Waals surface area (Å²) >= 11 is 0. The lowest BCUT2D eigenvalue weighted by Gasteiger charge is -2.23. The third-order valence-electron chi connectivity index (χ3n) is 4.38. The predicted octanol–water partition coefficient (Wildman–Crippen LogP) is 1.45. The molecule has 128 valence electrons. The number of hydrogen-bond donors (Lipinski definition) is 2. The largest absolute Gasteiger partial charge is 0.497 e. The van der Waals surface area contributed by atoms with Crippen molar-refractivity contribution in [1.82, 2.24) is 25.6 Å². The Kier molecular flexibility index (Phi) is 5.10. The van der Waals surface area contributed by atoms with Gasteiger partial charge in [0.05, 0.1) is 18.8 Å². The Morgan fingerprint density at radius 1 is 1.42 bits per heavy atom. The lowest BCUT2D eigenvalue weighted by molar-refractivity contribution is 0.0945. The summed E-state index contributed by atoms with van der Waals surface area (Å²) in [6.07, 6.45) is 2.02. The van der Waals surface area contributed by atoms with Gasteiger partial charge in [-0.25, -0.2) is 4.68 Å². The number of amides is 1. The van der Waals surface area contributed by atoms with E-state index in [4.69, 9.17) is 4.74 Å². The molecule has 1 amide bonds. The van der Waals surface area contributed by atoms with Gasteiger partial charge < -0.3 is 15.4 Å². The molecule has 2 heterocycles. The van der Waals surface area contributed by atoms with Crippen molar-refractivity contribution < 1.29 is 9.53 Å². The molecule has 0 unspecified atom stereocenters. The summed E-state index contributed by atoms with van der Waals surface area (Å²) in [6.45, 7) is 4.28. The minimum Gasteiger partial charge on any atom is -0.497 e. The maximum absolute atomic E-state index is 12.4. The smallest absolute Gasteiger partial charge is 0.274 e. The number of piperidine rings is 1. The second-order valence-corrected chi connectivity index (χ2v) is 5.98. The molecule has 7 heteroatoms. The lowest BCUT2D eigenvalue weighted by atomic mass is 10.1. The van der Waals surface area contributed by atoms with Crippen LogP contribution in [0.2, 0.25) is 0 Å². The van der Waals surface area contributed by atoms with Crippen LogP contribution < -0.4 is 15.4 Å². The third-order valence-corrected chi connectivity index (χ3v) is 4.38. The first-order valence-corrected chi connectivity index (χ1v) is 8.22. The van der Waals surface area contributed by atoms with Crippen LogP contribution >= 0.6 is 0 Å². The fraction of sp³-hybridized carbons (Fsp3) is 0.471. The van der Waals surface area contributed by atoms with Gasteiger partial charge in [0.15, 0.2) is 5.69 Å². The van der Waals surface area contributed by atoms with Crippen molar-refractivity contribution in [2.45, 2.75) is 32.4 Å². The zero-order valence-electron chi connectivity index (χ0n) is 14.1. The average molecular weight is 329 g/mol. The molecule has 3 rings (SSSR count). The molecular weight excluding hydrogens is 306 g/mol. The summed E-state index contributed by atoms with van der Waals surface area (Å²) in [5.41, 5.74) is 2.20. The first kappa shape index (κ1) is 16.4. The highest BCUT2D eigenvalue weighted by Gasteiger charge is 2.22. The molecule has 1 saturated heterocycles. The molecule has 0 saturated carbocycles. The Hall–Kier alpha value is -2.41. The zero-order valence-corrected chi connectivity index (χ0v) is 14.1. The number of rotatable bonds is 5. The van der Waals surface area contributed by atoms with E-state index < -0.39 is 0 Å². The van der Waals surface area contributed by atoms with Crippen molar-refractivity contribution in [2.75, 3.05) is 20.2 Å². The van der Waals surface area contributed by atoms with Crippen LogP contribution in [0.15, 0.2) is 24.3 Å². The first-order valence-electron chi connectivity index (χ1n) is 8.22. The molecule has 0 bridgehead atoms. The van der Waals surface area contributed by atoms with Crippen molar-refractivity contribution >= 4 is 5.91 Å². The summed E-state index contributed by atoms with van der Waals surface area (Å²) in [5.74, 6) is 0.574. The second kappa shape index (κ2) is 7.44. The topological polar surface area (TPSA) is 81.1 Å². The molecule has 1 aromatic heterocycles. The quantitative estimate of drug-likeness (QED) is 0.868. The summed E-state index contributed by atoms with van der Waals surface area (Å²) in [5, 5.41) is 14.5. The minimum atomic E-state index is -0.199. The highest BCUT2D eigenvalue weighted by Crippen LogP contribution is 2.20. The van der Waals surface area contributed by atoms with Crippen LogP contribution in [-0.2, 0) is 6.54 Å². The second-order valence-electron chi connectivity index (χ2n) is 5.98. The third kappa shape index (κ3) is 3.56. The Morgan fingerprint density at radius 2 is 2.21 bits per heavy atom. The Balaban J connectivity index is 1.65. The number of carbonyl (C=O) groups is 1. The number of carbonyl (C=O) groups excluding carboxylic acids is 1. The van der Waals surface area contributed by atoms with Gasteiger partial charge in [-0.15, -0.1) is 5.10 Å². The maximum atomic E-state index is 12.4. The molecule has 7 nitrogen and oxygen atoms in total. The monoisotopic (exact) mass is 329 g/mol. The van der Waals surface area contributed by atoms with E-state index in [9.17, 15) is 4.79 Å². The van der Waals surface area contributed by atoms with Crippen molar-refractivity contribution in [2.24, 2.45) is 0 Å². The molecule has 0 radical (unpaired) electrons. The van der Waals surface area contributed by atoms with Crippen molar-refractivity contribution in [3.63, 3.8) is 0 Å². The standard InChI is InChI=1S/C17H23N5O2/c1-12-16(20-21-22(12)14-6-8-18-9-7-14)17(23)19-11-13-4-3-5-15(10-13)24-2/h3-5,10,14,18H,6-9,11H2,1-2H3,(H,19,23). The summed E-state index contributed by atoms with van der Waals surface area (Å²) in [6, 6.07) is 7.94. The Labute approximate surface area is 141 Å². The summed E-state index contributed by atoms with van der Waals surface area (Å²) in [7, 11) is 1.63. The Bertz CT molecular complexity index is 707. The molecular formula is C17H23N5O2. The number of benzene rings is 1. The SMILES string of the molecule is COc1cccc(CNC(=O)c2nnn(C3CCNCC3)c2C)c1. The fourth-order valence-electron chi connectivity index (χ4n) is 3.00.